The first-order valence-corrected chi connectivity index (χ1v) is 5.00. The molecule has 0 heterocycles. The predicted molar refractivity (Wildman–Crippen MR) is 44.2 cm³/mol. The molecule has 0 bridgehead atoms. The van der Waals surface area contributed by atoms with Gasteiger partial charge in [0.1, 0.15) is 6.17 Å². The second-order valence-corrected chi connectivity index (χ2v) is 4.21. The Balaban J connectivity index is 1.93. The maximum atomic E-state index is 13.0. The third-order valence-corrected chi connectivity index (χ3v) is 3.48. The van der Waals surface area contributed by atoms with Crippen LogP contribution in [0, 0.1) is 11.8 Å². The van der Waals surface area contributed by atoms with Crippen molar-refractivity contribution in [3.8, 4) is 0 Å². The van der Waals surface area contributed by atoms with Crippen molar-refractivity contribution in [2.75, 3.05) is 0 Å². The topological polar surface area (TPSA) is 0 Å². The Bertz CT molecular complexity index is 133. The van der Waals surface area contributed by atoms with Crippen LogP contribution in [0.1, 0.15) is 44.9 Å². The smallest absolute Gasteiger partial charge is 0.100 e. The second-order valence-electron chi connectivity index (χ2n) is 4.21. The van der Waals surface area contributed by atoms with E-state index in [1.807, 2.05) is 0 Å². The summed E-state index contributed by atoms with van der Waals surface area (Å²) in [4.78, 5) is 0. The molecule has 0 aromatic heterocycles. The Kier molecular flexibility index (Phi) is 2.15. The molecule has 0 spiro atoms. The van der Waals surface area contributed by atoms with Crippen LogP contribution in [0.4, 0.5) is 4.39 Å². The molecule has 2 aliphatic rings. The molecule has 0 nitrogen and oxygen atoms in total. The van der Waals surface area contributed by atoms with Crippen molar-refractivity contribution in [3.05, 3.63) is 0 Å². The van der Waals surface area contributed by atoms with Crippen LogP contribution in [0.5, 0.6) is 0 Å². The lowest BCUT2D eigenvalue weighted by molar-refractivity contribution is 0.104. The van der Waals surface area contributed by atoms with Gasteiger partial charge in [-0.15, -0.1) is 0 Å². The first kappa shape index (κ1) is 7.57. The Morgan fingerprint density at radius 1 is 0.818 bits per heavy atom. The molecule has 0 amide bonds. The van der Waals surface area contributed by atoms with E-state index in [1.54, 1.807) is 0 Å². The van der Waals surface area contributed by atoms with Gasteiger partial charge in [-0.3, -0.25) is 0 Å². The summed E-state index contributed by atoms with van der Waals surface area (Å²) in [5.74, 6) is 1.66. The quantitative estimate of drug-likeness (QED) is 0.504. The first-order valence-electron chi connectivity index (χ1n) is 5.00. The second kappa shape index (κ2) is 3.12. The molecule has 2 rings (SSSR count). The zero-order valence-electron chi connectivity index (χ0n) is 7.06. The number of halogens is 1. The molecule has 0 unspecified atom stereocenters. The molecule has 0 saturated heterocycles. The van der Waals surface area contributed by atoms with Crippen LogP contribution in [0.25, 0.3) is 0 Å². The summed E-state index contributed by atoms with van der Waals surface area (Å²) < 4.78 is 13.0. The molecule has 3 atom stereocenters. The largest absolute Gasteiger partial charge is 0.247 e. The van der Waals surface area contributed by atoms with Gasteiger partial charge < -0.3 is 0 Å². The van der Waals surface area contributed by atoms with Crippen LogP contribution in [-0.4, -0.2) is 6.17 Å². The minimum Gasteiger partial charge on any atom is -0.247 e. The zero-order valence-corrected chi connectivity index (χ0v) is 7.06. The standard InChI is InChI=1S/C10H17F/c11-10-6-5-8-3-1-2-4-9(8)7-10/h8-10H,1-7H2/t8-,9+,10-/m0/s1. The van der Waals surface area contributed by atoms with E-state index in [2.05, 4.69) is 0 Å². The van der Waals surface area contributed by atoms with Gasteiger partial charge in [-0.05, 0) is 31.1 Å². The molecule has 11 heavy (non-hydrogen) atoms. The Labute approximate surface area is 68.2 Å². The minimum absolute atomic E-state index is 0.464. The van der Waals surface area contributed by atoms with E-state index in [-0.39, 0.29) is 0 Å². The van der Waals surface area contributed by atoms with Crippen molar-refractivity contribution in [1.29, 1.82) is 0 Å². The fourth-order valence-electron chi connectivity index (χ4n) is 2.82. The van der Waals surface area contributed by atoms with Crippen molar-refractivity contribution in [1.82, 2.24) is 0 Å². The highest BCUT2D eigenvalue weighted by atomic mass is 19.1. The first-order chi connectivity index (χ1) is 5.36. The van der Waals surface area contributed by atoms with E-state index in [0.29, 0.717) is 0 Å². The number of hydrogen-bond donors (Lipinski definition) is 0. The van der Waals surface area contributed by atoms with Crippen LogP contribution in [0.15, 0.2) is 0 Å². The number of fused-ring (bicyclic) bond motifs is 1. The molecule has 64 valence electrons. The number of hydrogen-bond acceptors (Lipinski definition) is 0. The molecule has 2 saturated carbocycles. The molecule has 2 aliphatic carbocycles. The number of rotatable bonds is 0. The SMILES string of the molecule is F[C@H]1CC[C@@H]2CCCC[C@@H]2C1. The third kappa shape index (κ3) is 1.57. The van der Waals surface area contributed by atoms with E-state index >= 15 is 0 Å². The third-order valence-electron chi connectivity index (χ3n) is 3.48. The van der Waals surface area contributed by atoms with Gasteiger partial charge in [-0.1, -0.05) is 25.7 Å². The van der Waals surface area contributed by atoms with Gasteiger partial charge in [0.05, 0.1) is 0 Å². The lowest BCUT2D eigenvalue weighted by Gasteiger charge is -2.36. The predicted octanol–water partition coefficient (Wildman–Crippen LogP) is 3.31. The van der Waals surface area contributed by atoms with Crippen LogP contribution >= 0.6 is 0 Å². The summed E-state index contributed by atoms with van der Waals surface area (Å²) in [7, 11) is 0. The minimum atomic E-state index is -0.464. The van der Waals surface area contributed by atoms with Gasteiger partial charge in [-0.2, -0.15) is 0 Å². The molecule has 0 N–H and O–H groups in total. The highest BCUT2D eigenvalue weighted by Crippen LogP contribution is 2.41. The Hall–Kier alpha value is -0.0700. The fourth-order valence-corrected chi connectivity index (χ4v) is 2.82. The lowest BCUT2D eigenvalue weighted by atomic mass is 9.70. The van der Waals surface area contributed by atoms with Gasteiger partial charge in [0.25, 0.3) is 0 Å². The van der Waals surface area contributed by atoms with E-state index in [9.17, 15) is 4.39 Å². The van der Waals surface area contributed by atoms with Crippen LogP contribution in [-0.2, 0) is 0 Å². The summed E-state index contributed by atoms with van der Waals surface area (Å²) in [6, 6.07) is 0. The Morgan fingerprint density at radius 3 is 2.36 bits per heavy atom. The highest BCUT2D eigenvalue weighted by molar-refractivity contribution is 4.82. The van der Waals surface area contributed by atoms with Crippen LogP contribution in [0.3, 0.4) is 0 Å². The van der Waals surface area contributed by atoms with Crippen LogP contribution < -0.4 is 0 Å². The van der Waals surface area contributed by atoms with E-state index in [4.69, 9.17) is 0 Å². The molecule has 0 radical (unpaired) electrons. The van der Waals surface area contributed by atoms with Crippen molar-refractivity contribution in [2.24, 2.45) is 11.8 Å². The Morgan fingerprint density at radius 2 is 1.55 bits per heavy atom. The van der Waals surface area contributed by atoms with Gasteiger partial charge in [-0.25, -0.2) is 4.39 Å². The van der Waals surface area contributed by atoms with Crippen molar-refractivity contribution < 1.29 is 4.39 Å². The average Bonchev–Trinajstić information content (AvgIpc) is 2.04. The molecule has 0 aromatic rings. The highest BCUT2D eigenvalue weighted by Gasteiger charge is 2.31. The van der Waals surface area contributed by atoms with Gasteiger partial charge in [0, 0.05) is 0 Å². The molecule has 0 aliphatic heterocycles. The molecule has 0 aromatic carbocycles. The van der Waals surface area contributed by atoms with Crippen molar-refractivity contribution in [3.63, 3.8) is 0 Å². The zero-order chi connectivity index (χ0) is 7.68. The van der Waals surface area contributed by atoms with E-state index in [0.717, 1.165) is 24.7 Å². The van der Waals surface area contributed by atoms with Crippen molar-refractivity contribution in [2.45, 2.75) is 51.1 Å². The summed E-state index contributed by atoms with van der Waals surface area (Å²) in [5, 5.41) is 0. The van der Waals surface area contributed by atoms with E-state index < -0.39 is 6.17 Å². The summed E-state index contributed by atoms with van der Waals surface area (Å²) in [5.41, 5.74) is 0. The number of alkyl halides is 1. The maximum Gasteiger partial charge on any atom is 0.100 e. The van der Waals surface area contributed by atoms with E-state index in [1.165, 1.54) is 32.1 Å². The van der Waals surface area contributed by atoms with Gasteiger partial charge in [0.15, 0.2) is 0 Å². The molecule has 2 fully saturated rings. The molecular weight excluding hydrogens is 139 g/mol. The van der Waals surface area contributed by atoms with Crippen molar-refractivity contribution >= 4 is 0 Å². The van der Waals surface area contributed by atoms with Gasteiger partial charge in [0.2, 0.25) is 0 Å². The summed E-state index contributed by atoms with van der Waals surface area (Å²) in [6.07, 6.45) is 7.89. The van der Waals surface area contributed by atoms with Crippen LogP contribution in [0.2, 0.25) is 0 Å². The lowest BCUT2D eigenvalue weighted by Crippen LogP contribution is -2.28. The van der Waals surface area contributed by atoms with Gasteiger partial charge >= 0.3 is 0 Å². The molecular formula is C10H17F. The average molecular weight is 156 g/mol. The monoisotopic (exact) mass is 156 g/mol. The molecule has 1 heteroatoms. The maximum absolute atomic E-state index is 13.0. The summed E-state index contributed by atoms with van der Waals surface area (Å²) in [6.45, 7) is 0. The fraction of sp³-hybridized carbons (Fsp3) is 1.00. The summed E-state index contributed by atoms with van der Waals surface area (Å²) >= 11 is 0. The normalized spacial score (nSPS) is 45.0.